The second-order valence-electron chi connectivity index (χ2n) is 9.19. The molecule has 0 aliphatic carbocycles. The maximum Gasteiger partial charge on any atom is 0.355 e. The molecule has 0 bridgehead atoms. The molecular formula is C32H33NO6. The molecular weight excluding hydrogens is 494 g/mol. The SMILES string of the molecule is CCOc1ccc(-c2c(-c3ccc(OC(C)C)cc3)cn(CC(=O)c3ccc(OC)cc3)c2C(=O)OC)cc1. The normalized spacial score (nSPS) is 10.8. The molecule has 0 unspecified atom stereocenters. The third-order valence-corrected chi connectivity index (χ3v) is 6.17. The fourth-order valence-corrected chi connectivity index (χ4v) is 4.40. The second-order valence-corrected chi connectivity index (χ2v) is 9.19. The Hall–Kier alpha value is -4.52. The van der Waals surface area contributed by atoms with E-state index in [2.05, 4.69) is 0 Å². The minimum atomic E-state index is -0.535. The number of aromatic nitrogens is 1. The van der Waals surface area contributed by atoms with E-state index in [0.29, 0.717) is 29.2 Å². The first kappa shape index (κ1) is 27.5. The first-order chi connectivity index (χ1) is 18.8. The lowest BCUT2D eigenvalue weighted by atomic mass is 9.96. The predicted molar refractivity (Wildman–Crippen MR) is 151 cm³/mol. The Balaban J connectivity index is 1.84. The number of ether oxygens (including phenoxy) is 4. The zero-order valence-corrected chi connectivity index (χ0v) is 22.9. The van der Waals surface area contributed by atoms with Crippen LogP contribution in [0.25, 0.3) is 22.3 Å². The summed E-state index contributed by atoms with van der Waals surface area (Å²) in [6.07, 6.45) is 1.88. The Morgan fingerprint density at radius 1 is 0.795 bits per heavy atom. The summed E-state index contributed by atoms with van der Waals surface area (Å²) in [6.45, 7) is 6.37. The Kier molecular flexibility index (Phi) is 8.71. The maximum atomic E-state index is 13.3. The molecule has 4 aromatic rings. The average Bonchev–Trinajstić information content (AvgIpc) is 3.32. The van der Waals surface area contributed by atoms with E-state index in [9.17, 15) is 9.59 Å². The predicted octanol–water partition coefficient (Wildman–Crippen LogP) is 6.69. The summed E-state index contributed by atoms with van der Waals surface area (Å²) in [5.74, 6) is 1.45. The number of carbonyl (C=O) groups is 2. The highest BCUT2D eigenvalue weighted by atomic mass is 16.5. The molecule has 4 rings (SSSR count). The van der Waals surface area contributed by atoms with Gasteiger partial charge in [0.25, 0.3) is 0 Å². The van der Waals surface area contributed by atoms with Gasteiger partial charge in [0, 0.05) is 22.9 Å². The molecule has 39 heavy (non-hydrogen) atoms. The van der Waals surface area contributed by atoms with Crippen molar-refractivity contribution >= 4 is 11.8 Å². The van der Waals surface area contributed by atoms with Crippen LogP contribution in [0.4, 0.5) is 0 Å². The zero-order valence-electron chi connectivity index (χ0n) is 22.9. The van der Waals surface area contributed by atoms with Crippen molar-refractivity contribution in [3.63, 3.8) is 0 Å². The van der Waals surface area contributed by atoms with Gasteiger partial charge in [-0.15, -0.1) is 0 Å². The number of ketones is 1. The van der Waals surface area contributed by atoms with Crippen molar-refractivity contribution in [2.75, 3.05) is 20.8 Å². The first-order valence-electron chi connectivity index (χ1n) is 12.8. The number of hydrogen-bond donors (Lipinski definition) is 0. The average molecular weight is 528 g/mol. The number of esters is 1. The zero-order chi connectivity index (χ0) is 27.9. The van der Waals surface area contributed by atoms with Crippen LogP contribution in [0.2, 0.25) is 0 Å². The second kappa shape index (κ2) is 12.3. The minimum Gasteiger partial charge on any atom is -0.497 e. The van der Waals surface area contributed by atoms with Gasteiger partial charge in [0.2, 0.25) is 0 Å². The first-order valence-corrected chi connectivity index (χ1v) is 12.8. The van der Waals surface area contributed by atoms with Crippen LogP contribution in [0.15, 0.2) is 79.0 Å². The minimum absolute atomic E-state index is 0.0463. The van der Waals surface area contributed by atoms with Crippen LogP contribution in [-0.2, 0) is 11.3 Å². The van der Waals surface area contributed by atoms with Gasteiger partial charge < -0.3 is 23.5 Å². The monoisotopic (exact) mass is 527 g/mol. The lowest BCUT2D eigenvalue weighted by molar-refractivity contribution is 0.0589. The maximum absolute atomic E-state index is 13.3. The van der Waals surface area contributed by atoms with Crippen LogP contribution >= 0.6 is 0 Å². The van der Waals surface area contributed by atoms with Gasteiger partial charge in [-0.25, -0.2) is 4.79 Å². The Labute approximate surface area is 228 Å². The molecule has 0 saturated carbocycles. The van der Waals surface area contributed by atoms with Crippen LogP contribution in [0.5, 0.6) is 17.2 Å². The number of methoxy groups -OCH3 is 2. The van der Waals surface area contributed by atoms with Gasteiger partial charge in [-0.1, -0.05) is 24.3 Å². The van der Waals surface area contributed by atoms with E-state index in [1.165, 1.54) is 7.11 Å². The molecule has 0 atom stereocenters. The Morgan fingerprint density at radius 3 is 1.95 bits per heavy atom. The molecule has 0 N–H and O–H groups in total. The molecule has 0 fully saturated rings. The summed E-state index contributed by atoms with van der Waals surface area (Å²) in [5, 5.41) is 0. The van der Waals surface area contributed by atoms with Gasteiger partial charge in [-0.3, -0.25) is 4.79 Å². The van der Waals surface area contributed by atoms with E-state index in [1.54, 1.807) is 35.9 Å². The molecule has 0 radical (unpaired) electrons. The van der Waals surface area contributed by atoms with Crippen LogP contribution < -0.4 is 14.2 Å². The highest BCUT2D eigenvalue weighted by Gasteiger charge is 2.26. The number of hydrogen-bond acceptors (Lipinski definition) is 6. The van der Waals surface area contributed by atoms with Gasteiger partial charge in [-0.05, 0) is 80.4 Å². The summed E-state index contributed by atoms with van der Waals surface area (Å²) in [7, 11) is 2.91. The van der Waals surface area contributed by atoms with Gasteiger partial charge >= 0.3 is 5.97 Å². The van der Waals surface area contributed by atoms with E-state index in [0.717, 1.165) is 28.2 Å². The van der Waals surface area contributed by atoms with Crippen molar-refractivity contribution < 1.29 is 28.5 Å². The fourth-order valence-electron chi connectivity index (χ4n) is 4.40. The number of Topliss-reactive ketones (excluding diaryl/α,β-unsaturated/α-hetero) is 1. The summed E-state index contributed by atoms with van der Waals surface area (Å²) in [6, 6.07) is 22.1. The smallest absolute Gasteiger partial charge is 0.355 e. The highest BCUT2D eigenvalue weighted by molar-refractivity contribution is 6.03. The van der Waals surface area contributed by atoms with Crippen LogP contribution in [0.1, 0.15) is 41.6 Å². The van der Waals surface area contributed by atoms with Gasteiger partial charge in [0.05, 0.1) is 33.5 Å². The lowest BCUT2D eigenvalue weighted by Gasteiger charge is -2.12. The summed E-state index contributed by atoms with van der Waals surface area (Å²) < 4.78 is 23.5. The number of carbonyl (C=O) groups excluding carboxylic acids is 2. The number of benzene rings is 3. The molecule has 0 aliphatic rings. The molecule has 0 saturated heterocycles. The molecule has 202 valence electrons. The molecule has 7 heteroatoms. The van der Waals surface area contributed by atoms with Crippen LogP contribution in [0.3, 0.4) is 0 Å². The highest BCUT2D eigenvalue weighted by Crippen LogP contribution is 2.38. The van der Waals surface area contributed by atoms with Crippen molar-refractivity contribution in [1.82, 2.24) is 4.57 Å². The third-order valence-electron chi connectivity index (χ3n) is 6.17. The van der Waals surface area contributed by atoms with Crippen molar-refractivity contribution in [1.29, 1.82) is 0 Å². The van der Waals surface area contributed by atoms with Crippen LogP contribution in [0, 0.1) is 0 Å². The Bertz CT molecular complexity index is 1420. The van der Waals surface area contributed by atoms with E-state index in [1.807, 2.05) is 75.5 Å². The summed E-state index contributed by atoms with van der Waals surface area (Å²) >= 11 is 0. The van der Waals surface area contributed by atoms with Gasteiger partial charge in [-0.2, -0.15) is 0 Å². The molecule has 3 aromatic carbocycles. The third kappa shape index (κ3) is 6.32. The Morgan fingerprint density at radius 2 is 1.38 bits per heavy atom. The van der Waals surface area contributed by atoms with E-state index >= 15 is 0 Å². The van der Waals surface area contributed by atoms with Crippen LogP contribution in [-0.4, -0.2) is 43.3 Å². The molecule has 0 amide bonds. The van der Waals surface area contributed by atoms with Crippen molar-refractivity contribution in [3.05, 3.63) is 90.3 Å². The van der Waals surface area contributed by atoms with Crippen molar-refractivity contribution in [2.45, 2.75) is 33.4 Å². The molecule has 0 aliphatic heterocycles. The summed E-state index contributed by atoms with van der Waals surface area (Å²) in [4.78, 5) is 26.5. The van der Waals surface area contributed by atoms with Crippen molar-refractivity contribution in [2.24, 2.45) is 0 Å². The summed E-state index contributed by atoms with van der Waals surface area (Å²) in [5.41, 5.74) is 3.94. The van der Waals surface area contributed by atoms with Gasteiger partial charge in [0.15, 0.2) is 5.78 Å². The number of rotatable bonds is 11. The topological polar surface area (TPSA) is 76.0 Å². The van der Waals surface area contributed by atoms with E-state index in [4.69, 9.17) is 18.9 Å². The van der Waals surface area contributed by atoms with E-state index < -0.39 is 5.97 Å². The molecule has 7 nitrogen and oxygen atoms in total. The molecule has 1 aromatic heterocycles. The molecule has 1 heterocycles. The molecule has 0 spiro atoms. The lowest BCUT2D eigenvalue weighted by Crippen LogP contribution is -2.16. The number of nitrogens with zero attached hydrogens (tertiary/aromatic N) is 1. The van der Waals surface area contributed by atoms with Crippen molar-refractivity contribution in [3.8, 4) is 39.5 Å². The van der Waals surface area contributed by atoms with Gasteiger partial charge in [0.1, 0.15) is 22.9 Å². The standard InChI is InChI=1S/C32H33NO6/c1-6-38-26-15-11-24(12-16-26)30-28(22-7-17-27(18-8-22)39-21(2)3)19-33(31(30)32(35)37-5)20-29(34)23-9-13-25(36-4)14-10-23/h7-19,21H,6,20H2,1-5H3. The van der Waals surface area contributed by atoms with E-state index in [-0.39, 0.29) is 18.4 Å². The quantitative estimate of drug-likeness (QED) is 0.160. The largest absolute Gasteiger partial charge is 0.497 e. The fraction of sp³-hybridized carbons (Fsp3) is 0.250.